The number of hydrogen-bond acceptors (Lipinski definition) is 6. The van der Waals surface area contributed by atoms with Crippen molar-refractivity contribution in [2.24, 2.45) is 0 Å². The second-order valence-electron chi connectivity index (χ2n) is 11.6. The quantitative estimate of drug-likeness (QED) is 0.237. The first kappa shape index (κ1) is 33.0. The van der Waals surface area contributed by atoms with Crippen LogP contribution in [0.3, 0.4) is 0 Å². The summed E-state index contributed by atoms with van der Waals surface area (Å²) in [6.45, 7) is 7.16. The van der Waals surface area contributed by atoms with Crippen LogP contribution in [-0.4, -0.2) is 87.6 Å². The molecule has 0 aromatic heterocycles. The van der Waals surface area contributed by atoms with E-state index in [0.29, 0.717) is 6.42 Å². The number of ether oxygens (including phenoxy) is 1. The Morgan fingerprint density at radius 3 is 1.85 bits per heavy atom. The van der Waals surface area contributed by atoms with E-state index in [9.17, 15) is 29.3 Å². The lowest BCUT2D eigenvalue weighted by Gasteiger charge is -2.42. The molecule has 0 heterocycles. The molecule has 0 aliphatic heterocycles. The second kappa shape index (κ2) is 15.0. The standard InChI is InChI=1S/C30H44FN3O6/c1-29(2,3)40-27(37)33-23(16-21-12-8-6-9-13-21)25(35)18-32-19-26(36)24(17-22-14-10-7-11-15-22)34(28(38)39)30(4,5)20-31/h6-15,23-26,32,35-36H,16-20H2,1-5H3,(H,33,37)(H,38,39)/t23-,24-,25+,26+/m0/s1. The number of amides is 2. The molecule has 0 aliphatic carbocycles. The van der Waals surface area contributed by atoms with Gasteiger partial charge in [-0.05, 0) is 58.6 Å². The summed E-state index contributed by atoms with van der Waals surface area (Å²) in [6, 6.07) is 16.8. The Hall–Kier alpha value is -3.21. The van der Waals surface area contributed by atoms with Crippen molar-refractivity contribution in [1.29, 1.82) is 0 Å². The molecule has 0 aliphatic rings. The number of hydrogen-bond donors (Lipinski definition) is 5. The number of carboxylic acid groups (broad SMARTS) is 1. The van der Waals surface area contributed by atoms with Crippen LogP contribution in [0, 0.1) is 0 Å². The summed E-state index contributed by atoms with van der Waals surface area (Å²) in [5, 5.41) is 37.8. The van der Waals surface area contributed by atoms with Crippen LogP contribution in [0.2, 0.25) is 0 Å². The fourth-order valence-electron chi connectivity index (χ4n) is 4.44. The van der Waals surface area contributed by atoms with Crippen molar-refractivity contribution in [2.75, 3.05) is 19.8 Å². The predicted molar refractivity (Wildman–Crippen MR) is 152 cm³/mol. The molecule has 0 fully saturated rings. The maximum Gasteiger partial charge on any atom is 0.408 e. The van der Waals surface area contributed by atoms with Gasteiger partial charge in [0.2, 0.25) is 0 Å². The number of nitrogens with zero attached hydrogens (tertiary/aromatic N) is 1. The Labute approximate surface area is 236 Å². The molecule has 10 heteroatoms. The van der Waals surface area contributed by atoms with E-state index in [2.05, 4.69) is 10.6 Å². The van der Waals surface area contributed by atoms with Gasteiger partial charge in [-0.15, -0.1) is 0 Å². The molecular formula is C30H44FN3O6. The number of alkyl carbamates (subject to hydrolysis) is 1. The molecule has 0 radical (unpaired) electrons. The molecule has 0 spiro atoms. The summed E-state index contributed by atoms with van der Waals surface area (Å²) >= 11 is 0. The van der Waals surface area contributed by atoms with E-state index in [-0.39, 0.29) is 19.5 Å². The molecule has 2 amide bonds. The minimum absolute atomic E-state index is 0.0119. The van der Waals surface area contributed by atoms with Gasteiger partial charge in [-0.25, -0.2) is 14.0 Å². The SMILES string of the molecule is CC(C)(C)OC(=O)N[C@@H](Cc1ccccc1)[C@H](O)CNC[C@@H](O)[C@H](Cc1ccccc1)N(C(=O)O)C(C)(C)CF. The molecule has 4 atom stereocenters. The second-order valence-corrected chi connectivity index (χ2v) is 11.6. The summed E-state index contributed by atoms with van der Waals surface area (Å²) in [7, 11) is 0. The van der Waals surface area contributed by atoms with Gasteiger partial charge in [0, 0.05) is 13.1 Å². The molecular weight excluding hydrogens is 517 g/mol. The minimum atomic E-state index is -1.37. The van der Waals surface area contributed by atoms with Gasteiger partial charge in [-0.1, -0.05) is 60.7 Å². The molecule has 2 aromatic rings. The van der Waals surface area contributed by atoms with E-state index in [4.69, 9.17) is 4.74 Å². The van der Waals surface area contributed by atoms with Gasteiger partial charge in [0.15, 0.2) is 0 Å². The maximum atomic E-state index is 13.9. The average Bonchev–Trinajstić information content (AvgIpc) is 2.87. The third kappa shape index (κ3) is 10.7. The van der Waals surface area contributed by atoms with Crippen LogP contribution in [0.4, 0.5) is 14.0 Å². The smallest absolute Gasteiger partial charge is 0.408 e. The molecule has 2 aromatic carbocycles. The summed E-state index contributed by atoms with van der Waals surface area (Å²) < 4.78 is 19.3. The zero-order valence-electron chi connectivity index (χ0n) is 24.0. The highest BCUT2D eigenvalue weighted by Crippen LogP contribution is 2.24. The molecule has 9 nitrogen and oxygen atoms in total. The van der Waals surface area contributed by atoms with E-state index in [0.717, 1.165) is 16.0 Å². The first-order valence-corrected chi connectivity index (χ1v) is 13.5. The highest BCUT2D eigenvalue weighted by Gasteiger charge is 2.40. The molecule has 0 unspecified atom stereocenters. The Morgan fingerprint density at radius 2 is 1.38 bits per heavy atom. The van der Waals surface area contributed by atoms with Crippen molar-refractivity contribution in [1.82, 2.24) is 15.5 Å². The number of rotatable bonds is 14. The van der Waals surface area contributed by atoms with E-state index in [1.165, 1.54) is 13.8 Å². The van der Waals surface area contributed by atoms with Gasteiger partial charge in [0.05, 0.1) is 29.8 Å². The van der Waals surface area contributed by atoms with Crippen LogP contribution in [0.15, 0.2) is 60.7 Å². The van der Waals surface area contributed by atoms with Crippen molar-refractivity contribution in [3.63, 3.8) is 0 Å². The van der Waals surface area contributed by atoms with Crippen LogP contribution in [0.5, 0.6) is 0 Å². The number of nitrogens with one attached hydrogen (secondary N) is 2. The van der Waals surface area contributed by atoms with Crippen LogP contribution in [0.1, 0.15) is 45.7 Å². The zero-order chi connectivity index (χ0) is 29.9. The normalized spacial score (nSPS) is 15.0. The average molecular weight is 562 g/mol. The fourth-order valence-corrected chi connectivity index (χ4v) is 4.44. The van der Waals surface area contributed by atoms with Gasteiger partial charge < -0.3 is 30.7 Å². The van der Waals surface area contributed by atoms with Crippen LogP contribution in [-0.2, 0) is 17.6 Å². The topological polar surface area (TPSA) is 131 Å². The number of alkyl halides is 1. The minimum Gasteiger partial charge on any atom is -0.465 e. The monoisotopic (exact) mass is 561 g/mol. The number of aliphatic hydroxyl groups excluding tert-OH is 2. The van der Waals surface area contributed by atoms with Gasteiger partial charge in [0.1, 0.15) is 12.3 Å². The van der Waals surface area contributed by atoms with Crippen LogP contribution in [0.25, 0.3) is 0 Å². The highest BCUT2D eigenvalue weighted by atomic mass is 19.1. The molecule has 0 bridgehead atoms. The molecule has 0 saturated heterocycles. The number of carbonyl (C=O) groups is 2. The third-order valence-corrected chi connectivity index (χ3v) is 6.42. The molecule has 222 valence electrons. The Bertz CT molecular complexity index is 1050. The first-order chi connectivity index (χ1) is 18.7. The Morgan fingerprint density at radius 1 is 0.875 bits per heavy atom. The van der Waals surface area contributed by atoms with Crippen molar-refractivity contribution in [2.45, 2.75) is 82.9 Å². The number of benzene rings is 2. The summed E-state index contributed by atoms with van der Waals surface area (Å²) in [5.74, 6) is 0. The third-order valence-electron chi connectivity index (χ3n) is 6.42. The first-order valence-electron chi connectivity index (χ1n) is 13.5. The van der Waals surface area contributed by atoms with Crippen molar-refractivity contribution < 1.29 is 34.0 Å². The largest absolute Gasteiger partial charge is 0.465 e. The van der Waals surface area contributed by atoms with Gasteiger partial charge >= 0.3 is 12.2 Å². The molecule has 0 saturated carbocycles. The van der Waals surface area contributed by atoms with E-state index in [1.807, 2.05) is 60.7 Å². The van der Waals surface area contributed by atoms with Crippen molar-refractivity contribution >= 4 is 12.2 Å². The van der Waals surface area contributed by atoms with Gasteiger partial charge in [-0.2, -0.15) is 0 Å². The summed E-state index contributed by atoms with van der Waals surface area (Å²) in [5.41, 5.74) is -0.399. The lowest BCUT2D eigenvalue weighted by molar-refractivity contribution is -0.00705. The number of aliphatic hydroxyl groups is 2. The predicted octanol–water partition coefficient (Wildman–Crippen LogP) is 3.77. The number of carbonyl (C=O) groups excluding carboxylic acids is 1. The van der Waals surface area contributed by atoms with E-state index < -0.39 is 54.3 Å². The lowest BCUT2D eigenvalue weighted by Crippen LogP contribution is -2.60. The van der Waals surface area contributed by atoms with E-state index in [1.54, 1.807) is 20.8 Å². The number of halogens is 1. The van der Waals surface area contributed by atoms with Crippen LogP contribution >= 0.6 is 0 Å². The Kier molecular flexibility index (Phi) is 12.4. The van der Waals surface area contributed by atoms with Crippen molar-refractivity contribution in [3.05, 3.63) is 71.8 Å². The highest BCUT2D eigenvalue weighted by molar-refractivity contribution is 5.68. The van der Waals surface area contributed by atoms with Gasteiger partial charge in [-0.3, -0.25) is 4.90 Å². The van der Waals surface area contributed by atoms with Gasteiger partial charge in [0.25, 0.3) is 0 Å². The molecule has 5 N–H and O–H groups in total. The zero-order valence-corrected chi connectivity index (χ0v) is 24.0. The molecule has 2 rings (SSSR count). The Balaban J connectivity index is 2.15. The fraction of sp³-hybridized carbons (Fsp3) is 0.533. The van der Waals surface area contributed by atoms with Crippen LogP contribution < -0.4 is 10.6 Å². The van der Waals surface area contributed by atoms with Crippen molar-refractivity contribution in [3.8, 4) is 0 Å². The van der Waals surface area contributed by atoms with E-state index >= 15 is 0 Å². The lowest BCUT2D eigenvalue weighted by atomic mass is 9.94. The maximum absolute atomic E-state index is 13.9. The summed E-state index contributed by atoms with van der Waals surface area (Å²) in [4.78, 5) is 25.7. The summed E-state index contributed by atoms with van der Waals surface area (Å²) in [6.07, 6.45) is -3.79. The molecule has 40 heavy (non-hydrogen) atoms.